The van der Waals surface area contributed by atoms with Crippen molar-refractivity contribution in [3.63, 3.8) is 0 Å². The molecule has 1 atom stereocenters. The van der Waals surface area contributed by atoms with E-state index in [1.807, 2.05) is 24.4 Å². The molecule has 2 saturated heterocycles. The van der Waals surface area contributed by atoms with Crippen LogP contribution in [0.5, 0.6) is 5.75 Å². The molecule has 0 bridgehead atoms. The Labute approximate surface area is 222 Å². The zero-order valence-corrected chi connectivity index (χ0v) is 22.0. The number of nitrogens with one attached hydrogen (secondary N) is 1. The van der Waals surface area contributed by atoms with Gasteiger partial charge in [0.1, 0.15) is 5.75 Å². The molecule has 9 heteroatoms. The molecule has 4 heterocycles. The van der Waals surface area contributed by atoms with Gasteiger partial charge in [0.15, 0.2) is 0 Å². The van der Waals surface area contributed by atoms with Crippen LogP contribution in [0, 0.1) is 5.41 Å². The van der Waals surface area contributed by atoms with Gasteiger partial charge >= 0.3 is 0 Å². The third kappa shape index (κ3) is 4.41. The summed E-state index contributed by atoms with van der Waals surface area (Å²) in [6, 6.07) is 7.83. The van der Waals surface area contributed by atoms with Crippen molar-refractivity contribution >= 4 is 28.9 Å². The van der Waals surface area contributed by atoms with Crippen LogP contribution in [0.4, 0.5) is 17.3 Å². The largest absolute Gasteiger partial charge is 0.494 e. The fourth-order valence-corrected chi connectivity index (χ4v) is 6.14. The first-order valence-electron chi connectivity index (χ1n) is 12.8. The number of hydrogen-bond donors (Lipinski definition) is 2. The van der Waals surface area contributed by atoms with Crippen LogP contribution in [0.2, 0.25) is 5.02 Å². The number of benzene rings is 1. The SMILES string of the molecule is COc1cc(N2CC3(CCOCC3)C2)c(Cl)cc1Nc1nccc(-c2cnc3c(c2)C(C)(CO)CC3)n1. The quantitative estimate of drug-likeness (QED) is 0.480. The van der Waals surface area contributed by atoms with Gasteiger partial charge in [-0.25, -0.2) is 9.97 Å². The van der Waals surface area contributed by atoms with Gasteiger partial charge in [0, 0.05) is 66.9 Å². The van der Waals surface area contributed by atoms with E-state index in [1.165, 1.54) is 0 Å². The summed E-state index contributed by atoms with van der Waals surface area (Å²) in [6.45, 7) is 5.85. The minimum absolute atomic E-state index is 0.102. The zero-order valence-electron chi connectivity index (χ0n) is 21.3. The number of hydrogen-bond acceptors (Lipinski definition) is 8. The Hall–Kier alpha value is -2.94. The zero-order chi connectivity index (χ0) is 25.6. The second kappa shape index (κ2) is 9.42. The first-order chi connectivity index (χ1) is 17.9. The van der Waals surface area contributed by atoms with Crippen molar-refractivity contribution in [1.82, 2.24) is 15.0 Å². The van der Waals surface area contributed by atoms with Gasteiger partial charge in [-0.1, -0.05) is 18.5 Å². The van der Waals surface area contributed by atoms with E-state index >= 15 is 0 Å². The number of halogens is 1. The Morgan fingerprint density at radius 2 is 1.97 bits per heavy atom. The van der Waals surface area contributed by atoms with E-state index in [9.17, 15) is 5.11 Å². The number of rotatable bonds is 6. The highest BCUT2D eigenvalue weighted by molar-refractivity contribution is 6.33. The Kier molecular flexibility index (Phi) is 6.21. The van der Waals surface area contributed by atoms with E-state index in [0.717, 1.165) is 80.2 Å². The van der Waals surface area contributed by atoms with Gasteiger partial charge in [-0.05, 0) is 49.4 Å². The van der Waals surface area contributed by atoms with Gasteiger partial charge in [-0.2, -0.15) is 0 Å². The van der Waals surface area contributed by atoms with Gasteiger partial charge in [0.05, 0.1) is 35.8 Å². The lowest BCUT2D eigenvalue weighted by Crippen LogP contribution is -2.58. The van der Waals surface area contributed by atoms with E-state index in [-0.39, 0.29) is 12.0 Å². The minimum Gasteiger partial charge on any atom is -0.494 e. The van der Waals surface area contributed by atoms with E-state index in [0.29, 0.717) is 27.8 Å². The molecule has 2 N–H and O–H groups in total. The number of anilines is 3. The minimum atomic E-state index is -0.265. The highest BCUT2D eigenvalue weighted by Gasteiger charge is 2.44. The maximum absolute atomic E-state index is 9.96. The first-order valence-corrected chi connectivity index (χ1v) is 13.2. The lowest BCUT2D eigenvalue weighted by atomic mass is 9.73. The summed E-state index contributed by atoms with van der Waals surface area (Å²) < 4.78 is 11.3. The van der Waals surface area contributed by atoms with Crippen LogP contribution in [0.1, 0.15) is 37.4 Å². The number of fused-ring (bicyclic) bond motifs is 1. The van der Waals surface area contributed by atoms with Crippen LogP contribution >= 0.6 is 11.6 Å². The summed E-state index contributed by atoms with van der Waals surface area (Å²) in [6.07, 6.45) is 7.55. The molecule has 1 spiro atoms. The second-order valence-electron chi connectivity index (χ2n) is 10.8. The molecule has 0 amide bonds. The van der Waals surface area contributed by atoms with E-state index < -0.39 is 0 Å². The second-order valence-corrected chi connectivity index (χ2v) is 11.2. The van der Waals surface area contributed by atoms with Crippen molar-refractivity contribution in [2.24, 2.45) is 5.41 Å². The molecule has 1 aromatic carbocycles. The molecule has 37 heavy (non-hydrogen) atoms. The van der Waals surface area contributed by atoms with Crippen molar-refractivity contribution in [3.8, 4) is 17.0 Å². The van der Waals surface area contributed by atoms with Crippen molar-refractivity contribution in [2.45, 2.75) is 38.0 Å². The summed E-state index contributed by atoms with van der Waals surface area (Å²) in [4.78, 5) is 16.1. The van der Waals surface area contributed by atoms with Gasteiger partial charge in [0.25, 0.3) is 0 Å². The summed E-state index contributed by atoms with van der Waals surface area (Å²) in [5.74, 6) is 1.12. The van der Waals surface area contributed by atoms with Crippen LogP contribution in [0.25, 0.3) is 11.3 Å². The van der Waals surface area contributed by atoms with Gasteiger partial charge in [-0.15, -0.1) is 0 Å². The molecular weight excluding hydrogens is 490 g/mol. The molecule has 2 aliphatic heterocycles. The number of aliphatic hydroxyl groups excluding tert-OH is 1. The Bertz CT molecular complexity index is 1320. The number of methoxy groups -OCH3 is 1. The third-order valence-electron chi connectivity index (χ3n) is 8.30. The number of ether oxygens (including phenoxy) is 2. The molecule has 0 saturated carbocycles. The molecular formula is C28H32ClN5O3. The third-order valence-corrected chi connectivity index (χ3v) is 8.60. The van der Waals surface area contributed by atoms with Crippen LogP contribution in [-0.2, 0) is 16.6 Å². The van der Waals surface area contributed by atoms with Crippen LogP contribution < -0.4 is 15.0 Å². The average molecular weight is 522 g/mol. The lowest BCUT2D eigenvalue weighted by Gasteiger charge is -2.53. The molecule has 3 aliphatic rings. The monoisotopic (exact) mass is 521 g/mol. The normalized spacial score (nSPS) is 22.0. The van der Waals surface area contributed by atoms with Crippen molar-refractivity contribution < 1.29 is 14.6 Å². The first kappa shape index (κ1) is 24.4. The van der Waals surface area contributed by atoms with E-state index in [2.05, 4.69) is 33.2 Å². The summed E-state index contributed by atoms with van der Waals surface area (Å²) >= 11 is 6.75. The average Bonchev–Trinajstić information content (AvgIpc) is 3.24. The Morgan fingerprint density at radius 1 is 1.16 bits per heavy atom. The summed E-state index contributed by atoms with van der Waals surface area (Å²) in [5.41, 5.74) is 5.56. The van der Waals surface area contributed by atoms with Gasteiger partial charge < -0.3 is 24.8 Å². The van der Waals surface area contributed by atoms with E-state index in [4.69, 9.17) is 26.1 Å². The van der Waals surface area contributed by atoms with Gasteiger partial charge in [0.2, 0.25) is 5.95 Å². The molecule has 194 valence electrons. The lowest BCUT2D eigenvalue weighted by molar-refractivity contribution is -0.000194. The van der Waals surface area contributed by atoms with Gasteiger partial charge in [-0.3, -0.25) is 4.98 Å². The molecule has 2 aromatic heterocycles. The topological polar surface area (TPSA) is 92.6 Å². The van der Waals surface area contributed by atoms with Crippen molar-refractivity contribution in [3.05, 3.63) is 52.9 Å². The summed E-state index contributed by atoms with van der Waals surface area (Å²) in [7, 11) is 1.65. The molecule has 1 unspecified atom stereocenters. The Morgan fingerprint density at radius 3 is 2.73 bits per heavy atom. The highest BCUT2D eigenvalue weighted by Crippen LogP contribution is 2.46. The maximum atomic E-state index is 9.96. The number of aryl methyl sites for hydroxylation is 1. The number of aliphatic hydroxyl groups is 1. The summed E-state index contributed by atoms with van der Waals surface area (Å²) in [5, 5.41) is 13.9. The number of pyridine rings is 1. The predicted molar refractivity (Wildman–Crippen MR) is 144 cm³/mol. The Balaban J connectivity index is 1.23. The molecule has 2 fully saturated rings. The fraction of sp³-hybridized carbons (Fsp3) is 0.464. The molecule has 3 aromatic rings. The molecule has 8 nitrogen and oxygen atoms in total. The molecule has 6 rings (SSSR count). The molecule has 0 radical (unpaired) electrons. The maximum Gasteiger partial charge on any atom is 0.227 e. The van der Waals surface area contributed by atoms with Crippen LogP contribution in [-0.4, -0.2) is 60.1 Å². The van der Waals surface area contributed by atoms with Crippen LogP contribution in [0.3, 0.4) is 0 Å². The smallest absolute Gasteiger partial charge is 0.227 e. The van der Waals surface area contributed by atoms with Crippen molar-refractivity contribution in [1.29, 1.82) is 0 Å². The predicted octanol–water partition coefficient (Wildman–Crippen LogP) is 4.76. The number of nitrogens with zero attached hydrogens (tertiary/aromatic N) is 4. The fourth-order valence-electron chi connectivity index (χ4n) is 5.85. The number of aromatic nitrogens is 3. The van der Waals surface area contributed by atoms with E-state index in [1.54, 1.807) is 13.3 Å². The standard InChI is InChI=1S/C28H32ClN5O3/c1-27(17-35)5-3-22-19(27)11-18(14-31-22)21-4-8-30-26(32-21)33-23-12-20(29)24(13-25(23)36-2)34-15-28(16-34)6-9-37-10-7-28/h4,8,11-14,35H,3,5-7,9-10,15-17H2,1-2H3,(H,30,32,33). The van der Waals surface area contributed by atoms with Crippen molar-refractivity contribution in [2.75, 3.05) is 50.2 Å². The van der Waals surface area contributed by atoms with Crippen LogP contribution in [0.15, 0.2) is 36.7 Å². The molecule has 1 aliphatic carbocycles. The highest BCUT2D eigenvalue weighted by atomic mass is 35.5.